The van der Waals surface area contributed by atoms with Gasteiger partial charge in [0.1, 0.15) is 0 Å². The summed E-state index contributed by atoms with van der Waals surface area (Å²) in [6, 6.07) is 0. The molecule has 1 aliphatic heterocycles. The molecule has 0 amide bonds. The van der Waals surface area contributed by atoms with Crippen molar-refractivity contribution in [2.24, 2.45) is 5.92 Å². The highest BCUT2D eigenvalue weighted by molar-refractivity contribution is 5.03. The highest BCUT2D eigenvalue weighted by atomic mass is 16.5. The average Bonchev–Trinajstić information content (AvgIpc) is 2.97. The van der Waals surface area contributed by atoms with Crippen LogP contribution in [0.1, 0.15) is 32.3 Å². The highest BCUT2D eigenvalue weighted by Crippen LogP contribution is 2.22. The van der Waals surface area contributed by atoms with Crippen LogP contribution in [0.2, 0.25) is 0 Å². The Labute approximate surface area is 103 Å². The van der Waals surface area contributed by atoms with Crippen molar-refractivity contribution in [3.05, 3.63) is 18.0 Å². The van der Waals surface area contributed by atoms with Crippen LogP contribution in [-0.4, -0.2) is 29.0 Å². The third-order valence-corrected chi connectivity index (χ3v) is 3.50. The van der Waals surface area contributed by atoms with Gasteiger partial charge in [0.25, 0.3) is 0 Å². The van der Waals surface area contributed by atoms with E-state index in [1.165, 1.54) is 12.0 Å². The van der Waals surface area contributed by atoms with Crippen molar-refractivity contribution in [3.8, 4) is 0 Å². The van der Waals surface area contributed by atoms with Gasteiger partial charge in [-0.1, -0.05) is 6.92 Å². The predicted octanol–water partition coefficient (Wildman–Crippen LogP) is 1.81. The number of hydrogen-bond donors (Lipinski definition) is 1. The zero-order valence-electron chi connectivity index (χ0n) is 10.9. The number of rotatable bonds is 6. The number of aryl methyl sites for hydroxylation is 1. The highest BCUT2D eigenvalue weighted by Gasteiger charge is 2.25. The van der Waals surface area contributed by atoms with Crippen molar-refractivity contribution in [2.45, 2.75) is 45.9 Å². The number of nitrogens with zero attached hydrogens (tertiary/aromatic N) is 2. The van der Waals surface area contributed by atoms with Crippen LogP contribution >= 0.6 is 0 Å². The second kappa shape index (κ2) is 6.17. The van der Waals surface area contributed by atoms with Crippen LogP contribution in [-0.2, 0) is 17.8 Å². The topological polar surface area (TPSA) is 39.1 Å². The van der Waals surface area contributed by atoms with Crippen LogP contribution in [0.15, 0.2) is 12.4 Å². The molecule has 1 N–H and O–H groups in total. The van der Waals surface area contributed by atoms with Gasteiger partial charge < -0.3 is 10.1 Å². The standard InChI is InChI=1S/C13H23N3O/c1-3-13-12(5-6-17-13)9-14-7-11-8-15-16(4-2)10-11/h8,10,12-14H,3-7,9H2,1-2H3. The van der Waals surface area contributed by atoms with Gasteiger partial charge in [-0.3, -0.25) is 4.68 Å². The van der Waals surface area contributed by atoms with Crippen molar-refractivity contribution in [1.82, 2.24) is 15.1 Å². The van der Waals surface area contributed by atoms with E-state index in [2.05, 4.69) is 30.5 Å². The first-order valence-corrected chi connectivity index (χ1v) is 6.67. The molecule has 1 aromatic rings. The lowest BCUT2D eigenvalue weighted by molar-refractivity contribution is 0.0872. The Bertz CT molecular complexity index is 337. The largest absolute Gasteiger partial charge is 0.378 e. The maximum absolute atomic E-state index is 5.68. The van der Waals surface area contributed by atoms with E-state index in [9.17, 15) is 0 Å². The maximum Gasteiger partial charge on any atom is 0.0613 e. The zero-order valence-corrected chi connectivity index (χ0v) is 10.9. The molecular formula is C13H23N3O. The smallest absolute Gasteiger partial charge is 0.0613 e. The molecule has 2 heterocycles. The Morgan fingerprint density at radius 3 is 3.12 bits per heavy atom. The minimum Gasteiger partial charge on any atom is -0.378 e. The molecule has 0 aliphatic carbocycles. The van der Waals surface area contributed by atoms with Gasteiger partial charge in [0.05, 0.1) is 12.3 Å². The van der Waals surface area contributed by atoms with E-state index >= 15 is 0 Å². The Kier molecular flexibility index (Phi) is 4.57. The summed E-state index contributed by atoms with van der Waals surface area (Å²) in [5.41, 5.74) is 1.26. The number of hydrogen-bond acceptors (Lipinski definition) is 3. The molecule has 0 bridgehead atoms. The van der Waals surface area contributed by atoms with Crippen LogP contribution in [0.3, 0.4) is 0 Å². The van der Waals surface area contributed by atoms with E-state index in [1.807, 2.05) is 10.9 Å². The summed E-state index contributed by atoms with van der Waals surface area (Å²) in [5, 5.41) is 7.78. The Morgan fingerprint density at radius 2 is 2.41 bits per heavy atom. The van der Waals surface area contributed by atoms with Gasteiger partial charge >= 0.3 is 0 Å². The van der Waals surface area contributed by atoms with Crippen molar-refractivity contribution in [2.75, 3.05) is 13.2 Å². The average molecular weight is 237 g/mol. The first kappa shape index (κ1) is 12.6. The Balaban J connectivity index is 1.72. The van der Waals surface area contributed by atoms with Gasteiger partial charge in [-0.15, -0.1) is 0 Å². The molecular weight excluding hydrogens is 214 g/mol. The molecule has 0 saturated carbocycles. The lowest BCUT2D eigenvalue weighted by Crippen LogP contribution is -2.27. The Hall–Kier alpha value is -0.870. The first-order chi connectivity index (χ1) is 8.33. The molecule has 1 aliphatic rings. The van der Waals surface area contributed by atoms with Crippen LogP contribution in [0, 0.1) is 5.92 Å². The summed E-state index contributed by atoms with van der Waals surface area (Å²) < 4.78 is 7.65. The quantitative estimate of drug-likeness (QED) is 0.820. The molecule has 0 aromatic carbocycles. The van der Waals surface area contributed by atoms with Crippen molar-refractivity contribution in [3.63, 3.8) is 0 Å². The summed E-state index contributed by atoms with van der Waals surface area (Å²) in [4.78, 5) is 0. The minimum atomic E-state index is 0.459. The minimum absolute atomic E-state index is 0.459. The van der Waals surface area contributed by atoms with E-state index in [0.717, 1.165) is 32.7 Å². The van der Waals surface area contributed by atoms with Crippen LogP contribution in [0.25, 0.3) is 0 Å². The van der Waals surface area contributed by atoms with E-state index in [4.69, 9.17) is 4.74 Å². The summed E-state index contributed by atoms with van der Waals surface area (Å²) in [5.74, 6) is 0.682. The molecule has 1 fully saturated rings. The fourth-order valence-corrected chi connectivity index (χ4v) is 2.45. The number of nitrogens with one attached hydrogen (secondary N) is 1. The summed E-state index contributed by atoms with van der Waals surface area (Å²) in [6.45, 7) is 8.13. The van der Waals surface area contributed by atoms with E-state index in [0.29, 0.717) is 12.0 Å². The molecule has 96 valence electrons. The monoisotopic (exact) mass is 237 g/mol. The van der Waals surface area contributed by atoms with Crippen LogP contribution in [0.5, 0.6) is 0 Å². The van der Waals surface area contributed by atoms with E-state index < -0.39 is 0 Å². The molecule has 4 nitrogen and oxygen atoms in total. The predicted molar refractivity (Wildman–Crippen MR) is 67.7 cm³/mol. The van der Waals surface area contributed by atoms with Gasteiger partial charge in [0.15, 0.2) is 0 Å². The van der Waals surface area contributed by atoms with Crippen LogP contribution in [0.4, 0.5) is 0 Å². The third kappa shape index (κ3) is 3.30. The fourth-order valence-electron chi connectivity index (χ4n) is 2.45. The maximum atomic E-state index is 5.68. The second-order valence-electron chi connectivity index (χ2n) is 4.70. The van der Waals surface area contributed by atoms with Gasteiger partial charge in [0.2, 0.25) is 0 Å². The lowest BCUT2D eigenvalue weighted by atomic mass is 10.00. The Morgan fingerprint density at radius 1 is 1.53 bits per heavy atom. The fraction of sp³-hybridized carbons (Fsp3) is 0.769. The zero-order chi connectivity index (χ0) is 12.1. The molecule has 1 aromatic heterocycles. The first-order valence-electron chi connectivity index (χ1n) is 6.67. The van der Waals surface area contributed by atoms with E-state index in [1.54, 1.807) is 0 Å². The van der Waals surface area contributed by atoms with Gasteiger partial charge in [-0.05, 0) is 25.7 Å². The second-order valence-corrected chi connectivity index (χ2v) is 4.70. The molecule has 0 spiro atoms. The van der Waals surface area contributed by atoms with Gasteiger partial charge in [0, 0.05) is 38.0 Å². The lowest BCUT2D eigenvalue weighted by Gasteiger charge is -2.16. The molecule has 2 rings (SSSR count). The molecule has 17 heavy (non-hydrogen) atoms. The summed E-state index contributed by atoms with van der Waals surface area (Å²) in [7, 11) is 0. The van der Waals surface area contributed by atoms with Crippen LogP contribution < -0.4 is 5.32 Å². The number of aromatic nitrogens is 2. The molecule has 2 unspecified atom stereocenters. The van der Waals surface area contributed by atoms with Gasteiger partial charge in [-0.25, -0.2) is 0 Å². The van der Waals surface area contributed by atoms with Gasteiger partial charge in [-0.2, -0.15) is 5.10 Å². The third-order valence-electron chi connectivity index (χ3n) is 3.50. The summed E-state index contributed by atoms with van der Waals surface area (Å²) in [6.07, 6.45) is 6.83. The molecule has 2 atom stereocenters. The van der Waals surface area contributed by atoms with E-state index in [-0.39, 0.29) is 0 Å². The normalized spacial score (nSPS) is 24.4. The molecule has 0 radical (unpaired) electrons. The van der Waals surface area contributed by atoms with Crippen molar-refractivity contribution >= 4 is 0 Å². The molecule has 1 saturated heterocycles. The van der Waals surface area contributed by atoms with Crippen molar-refractivity contribution in [1.29, 1.82) is 0 Å². The SMILES string of the molecule is CCC1OCCC1CNCc1cnn(CC)c1. The molecule has 4 heteroatoms. The number of ether oxygens (including phenoxy) is 1. The van der Waals surface area contributed by atoms with Crippen molar-refractivity contribution < 1.29 is 4.74 Å². The summed E-state index contributed by atoms with van der Waals surface area (Å²) >= 11 is 0.